The van der Waals surface area contributed by atoms with E-state index in [4.69, 9.17) is 4.74 Å². The minimum Gasteiger partial charge on any atom is -0.496 e. The van der Waals surface area contributed by atoms with E-state index in [1.807, 2.05) is 31.2 Å². The summed E-state index contributed by atoms with van der Waals surface area (Å²) in [4.78, 5) is 14.5. The number of amides is 1. The fourth-order valence-electron chi connectivity index (χ4n) is 3.17. The number of rotatable bonds is 5. The number of nitrogens with one attached hydrogen (secondary N) is 1. The van der Waals surface area contributed by atoms with Crippen molar-refractivity contribution in [1.29, 1.82) is 0 Å². The van der Waals surface area contributed by atoms with E-state index < -0.39 is 5.82 Å². The normalized spacial score (nSPS) is 14.0. The molecule has 1 heterocycles. The van der Waals surface area contributed by atoms with Gasteiger partial charge in [0.25, 0.3) is 0 Å². The van der Waals surface area contributed by atoms with Gasteiger partial charge in [-0.25, -0.2) is 4.39 Å². The first-order chi connectivity index (χ1) is 12.6. The maximum Gasteiger partial charge on any atom is 0.248 e. The molecule has 0 aliphatic carbocycles. The molecule has 4 nitrogen and oxygen atoms in total. The number of halogens is 1. The van der Waals surface area contributed by atoms with Crippen LogP contribution in [0.3, 0.4) is 0 Å². The molecule has 1 aliphatic rings. The molecular formula is C21H23FN2O2. The van der Waals surface area contributed by atoms with Crippen LogP contribution in [-0.4, -0.2) is 26.1 Å². The molecule has 0 radical (unpaired) electrons. The Kier molecular flexibility index (Phi) is 5.56. The molecule has 0 atom stereocenters. The smallest absolute Gasteiger partial charge is 0.248 e. The number of carbonyl (C=O) groups is 1. The average Bonchev–Trinajstić information content (AvgIpc) is 3.16. The minimum atomic E-state index is -0.427. The van der Waals surface area contributed by atoms with E-state index in [0.29, 0.717) is 5.75 Å². The number of anilines is 2. The van der Waals surface area contributed by atoms with Crippen LogP contribution in [0.1, 0.15) is 24.0 Å². The zero-order valence-electron chi connectivity index (χ0n) is 15.1. The van der Waals surface area contributed by atoms with Crippen LogP contribution in [0.5, 0.6) is 5.75 Å². The fourth-order valence-corrected chi connectivity index (χ4v) is 3.17. The summed E-state index contributed by atoms with van der Waals surface area (Å²) in [6.45, 7) is 3.73. The number of aryl methyl sites for hydroxylation is 1. The van der Waals surface area contributed by atoms with Gasteiger partial charge < -0.3 is 15.0 Å². The number of methoxy groups -OCH3 is 1. The van der Waals surface area contributed by atoms with Crippen molar-refractivity contribution in [1.82, 2.24) is 0 Å². The van der Waals surface area contributed by atoms with Crippen LogP contribution in [0.25, 0.3) is 6.08 Å². The molecule has 3 rings (SSSR count). The van der Waals surface area contributed by atoms with Gasteiger partial charge in [-0.15, -0.1) is 0 Å². The fraction of sp³-hybridized carbons (Fsp3) is 0.286. The summed E-state index contributed by atoms with van der Waals surface area (Å²) in [5.74, 6) is -0.119. The van der Waals surface area contributed by atoms with Crippen LogP contribution in [0.2, 0.25) is 0 Å². The van der Waals surface area contributed by atoms with Crippen molar-refractivity contribution in [2.45, 2.75) is 19.8 Å². The van der Waals surface area contributed by atoms with E-state index >= 15 is 0 Å². The first-order valence-corrected chi connectivity index (χ1v) is 8.75. The Morgan fingerprint density at radius 2 is 2.00 bits per heavy atom. The third kappa shape index (κ3) is 4.04. The third-order valence-electron chi connectivity index (χ3n) is 4.49. The lowest BCUT2D eigenvalue weighted by Gasteiger charge is -2.21. The van der Waals surface area contributed by atoms with Gasteiger partial charge in [-0.05, 0) is 50.1 Å². The number of benzene rings is 2. The highest BCUT2D eigenvalue weighted by atomic mass is 19.1. The van der Waals surface area contributed by atoms with Gasteiger partial charge in [0, 0.05) is 24.7 Å². The van der Waals surface area contributed by atoms with E-state index in [1.165, 1.54) is 12.1 Å². The molecule has 2 aromatic rings. The number of hydrogen-bond donors (Lipinski definition) is 1. The molecule has 1 saturated heterocycles. The average molecular weight is 354 g/mol. The lowest BCUT2D eigenvalue weighted by atomic mass is 10.1. The molecule has 26 heavy (non-hydrogen) atoms. The Balaban J connectivity index is 1.79. The summed E-state index contributed by atoms with van der Waals surface area (Å²) >= 11 is 0. The van der Waals surface area contributed by atoms with E-state index in [-0.39, 0.29) is 11.6 Å². The van der Waals surface area contributed by atoms with Gasteiger partial charge in [0.05, 0.1) is 12.8 Å². The summed E-state index contributed by atoms with van der Waals surface area (Å²) in [6.07, 6.45) is 5.24. The molecule has 0 spiro atoms. The lowest BCUT2D eigenvalue weighted by molar-refractivity contribution is -0.111. The van der Waals surface area contributed by atoms with Gasteiger partial charge in [0.2, 0.25) is 5.91 Å². The molecule has 5 heteroatoms. The van der Waals surface area contributed by atoms with Crippen LogP contribution in [0.15, 0.2) is 42.5 Å². The monoisotopic (exact) mass is 354 g/mol. The molecule has 0 bridgehead atoms. The Morgan fingerprint density at radius 1 is 1.23 bits per heavy atom. The second-order valence-corrected chi connectivity index (χ2v) is 6.40. The standard InChI is InChI=1S/C21H23FN2O2/c1-15-8-10-19(26-2)16(14-15)9-11-20(25)23-21-17(22)6-5-7-18(21)24-12-3-4-13-24/h5-11,14H,3-4,12-13H2,1-2H3,(H,23,25)/b11-9+. The number of para-hydroxylation sites is 1. The molecule has 2 aromatic carbocycles. The van der Waals surface area contributed by atoms with Gasteiger partial charge in [0.1, 0.15) is 17.3 Å². The molecule has 0 aromatic heterocycles. The maximum atomic E-state index is 14.3. The lowest BCUT2D eigenvalue weighted by Crippen LogP contribution is -2.21. The highest BCUT2D eigenvalue weighted by Gasteiger charge is 2.19. The Morgan fingerprint density at radius 3 is 2.73 bits per heavy atom. The van der Waals surface area contributed by atoms with Crippen molar-refractivity contribution in [2.75, 3.05) is 30.4 Å². The molecular weight excluding hydrogens is 331 g/mol. The van der Waals surface area contributed by atoms with Crippen molar-refractivity contribution in [3.8, 4) is 5.75 Å². The Labute approximate surface area is 153 Å². The summed E-state index contributed by atoms with van der Waals surface area (Å²) in [7, 11) is 1.59. The number of carbonyl (C=O) groups excluding carboxylic acids is 1. The van der Waals surface area contributed by atoms with Crippen LogP contribution < -0.4 is 15.0 Å². The van der Waals surface area contributed by atoms with Crippen molar-refractivity contribution in [3.05, 3.63) is 59.4 Å². The van der Waals surface area contributed by atoms with E-state index in [0.717, 1.165) is 42.7 Å². The van der Waals surface area contributed by atoms with Crippen LogP contribution >= 0.6 is 0 Å². The SMILES string of the molecule is COc1ccc(C)cc1/C=C/C(=O)Nc1c(F)cccc1N1CCCC1. The third-order valence-corrected chi connectivity index (χ3v) is 4.49. The van der Waals surface area contributed by atoms with E-state index in [9.17, 15) is 9.18 Å². The quantitative estimate of drug-likeness (QED) is 0.810. The first kappa shape index (κ1) is 18.0. The topological polar surface area (TPSA) is 41.6 Å². The highest BCUT2D eigenvalue weighted by molar-refractivity contribution is 6.04. The predicted molar refractivity (Wildman–Crippen MR) is 103 cm³/mol. The number of nitrogens with zero attached hydrogens (tertiary/aromatic N) is 1. The molecule has 1 N–H and O–H groups in total. The first-order valence-electron chi connectivity index (χ1n) is 8.75. The van der Waals surface area contributed by atoms with Gasteiger partial charge in [-0.2, -0.15) is 0 Å². The van der Waals surface area contributed by atoms with Crippen LogP contribution in [0, 0.1) is 12.7 Å². The Hall–Kier alpha value is -2.82. The summed E-state index contributed by atoms with van der Waals surface area (Å²) < 4.78 is 19.6. The zero-order chi connectivity index (χ0) is 18.5. The zero-order valence-corrected chi connectivity index (χ0v) is 15.1. The predicted octanol–water partition coefficient (Wildman–Crippen LogP) is 4.39. The molecule has 1 amide bonds. The summed E-state index contributed by atoms with van der Waals surface area (Å²) in [5, 5.41) is 2.69. The van der Waals surface area contributed by atoms with E-state index in [1.54, 1.807) is 19.3 Å². The van der Waals surface area contributed by atoms with Crippen molar-refractivity contribution in [3.63, 3.8) is 0 Å². The van der Waals surface area contributed by atoms with Crippen LogP contribution in [-0.2, 0) is 4.79 Å². The molecule has 1 fully saturated rings. The van der Waals surface area contributed by atoms with Crippen LogP contribution in [0.4, 0.5) is 15.8 Å². The van der Waals surface area contributed by atoms with Crippen molar-refractivity contribution < 1.29 is 13.9 Å². The van der Waals surface area contributed by atoms with Gasteiger partial charge >= 0.3 is 0 Å². The summed E-state index contributed by atoms with van der Waals surface area (Å²) in [5.41, 5.74) is 2.84. The van der Waals surface area contributed by atoms with E-state index in [2.05, 4.69) is 10.2 Å². The van der Waals surface area contributed by atoms with Gasteiger partial charge in [-0.3, -0.25) is 4.79 Å². The summed E-state index contributed by atoms with van der Waals surface area (Å²) in [6, 6.07) is 10.6. The molecule has 0 unspecified atom stereocenters. The minimum absolute atomic E-state index is 0.236. The van der Waals surface area contributed by atoms with Crippen molar-refractivity contribution in [2.24, 2.45) is 0 Å². The van der Waals surface area contributed by atoms with Crippen molar-refractivity contribution >= 4 is 23.4 Å². The number of hydrogen-bond acceptors (Lipinski definition) is 3. The molecule has 0 saturated carbocycles. The second kappa shape index (κ2) is 8.04. The molecule has 1 aliphatic heterocycles. The largest absolute Gasteiger partial charge is 0.496 e. The maximum absolute atomic E-state index is 14.3. The highest BCUT2D eigenvalue weighted by Crippen LogP contribution is 2.31. The Bertz CT molecular complexity index is 827. The second-order valence-electron chi connectivity index (χ2n) is 6.40. The molecule has 136 valence electrons. The number of ether oxygens (including phenoxy) is 1. The van der Waals surface area contributed by atoms with Gasteiger partial charge in [-0.1, -0.05) is 17.7 Å². The van der Waals surface area contributed by atoms with Gasteiger partial charge in [0.15, 0.2) is 0 Å².